The Morgan fingerprint density at radius 2 is 1.77 bits per heavy atom. The van der Waals surface area contributed by atoms with Crippen molar-refractivity contribution in [1.29, 1.82) is 0 Å². The normalized spacial score (nSPS) is 24.0. The fraction of sp³-hybridized carbons (Fsp3) is 0.810. The van der Waals surface area contributed by atoms with E-state index >= 15 is 0 Å². The predicted octanol–water partition coefficient (Wildman–Crippen LogP) is 3.17. The molecule has 1 aromatic rings. The van der Waals surface area contributed by atoms with Crippen LogP contribution in [-0.4, -0.2) is 51.9 Å². The summed E-state index contributed by atoms with van der Waals surface area (Å²) in [6.45, 7) is 9.10. The van der Waals surface area contributed by atoms with Gasteiger partial charge in [0.2, 0.25) is 5.91 Å². The van der Waals surface area contributed by atoms with E-state index in [0.717, 1.165) is 38.5 Å². The highest BCUT2D eigenvalue weighted by molar-refractivity contribution is 5.79. The van der Waals surface area contributed by atoms with Gasteiger partial charge in [0.15, 0.2) is 0 Å². The van der Waals surface area contributed by atoms with Crippen LogP contribution in [0.1, 0.15) is 68.6 Å². The first-order valence-electron chi connectivity index (χ1n) is 10.6. The lowest BCUT2D eigenvalue weighted by Crippen LogP contribution is -2.42. The van der Waals surface area contributed by atoms with Gasteiger partial charge in [-0.3, -0.25) is 4.79 Å². The van der Waals surface area contributed by atoms with Crippen molar-refractivity contribution in [1.82, 2.24) is 19.4 Å². The van der Waals surface area contributed by atoms with Crippen LogP contribution in [-0.2, 0) is 17.9 Å². The minimum Gasteiger partial charge on any atom is -0.335 e. The monoisotopic (exact) mass is 358 g/mol. The highest BCUT2D eigenvalue weighted by atomic mass is 16.2. The van der Waals surface area contributed by atoms with Crippen molar-refractivity contribution >= 4 is 5.91 Å². The molecule has 144 valence electrons. The standard InChI is InChI=1S/C21H34N4O/c1-15(17-6-4-5-7-17)21(26)24-12-13-25-16(2)22-20(19(25)14-24)18-8-10-23(3)11-9-18/h15,17-18H,4-14H2,1-3H3. The number of likely N-dealkylation sites (tertiary alicyclic amines) is 1. The molecule has 1 saturated heterocycles. The number of nitrogens with zero attached hydrogens (tertiary/aromatic N) is 4. The first kappa shape index (κ1) is 18.0. The molecule has 5 nitrogen and oxygen atoms in total. The van der Waals surface area contributed by atoms with E-state index in [4.69, 9.17) is 4.98 Å². The van der Waals surface area contributed by atoms with Gasteiger partial charge in [0, 0.05) is 24.9 Å². The Morgan fingerprint density at radius 1 is 1.08 bits per heavy atom. The van der Waals surface area contributed by atoms with Crippen LogP contribution in [0, 0.1) is 18.8 Å². The Morgan fingerprint density at radius 3 is 2.46 bits per heavy atom. The van der Waals surface area contributed by atoms with Gasteiger partial charge in [-0.25, -0.2) is 4.98 Å². The molecule has 0 N–H and O–H groups in total. The molecule has 1 atom stereocenters. The molecule has 1 saturated carbocycles. The quantitative estimate of drug-likeness (QED) is 0.833. The van der Waals surface area contributed by atoms with E-state index in [1.165, 1.54) is 49.9 Å². The van der Waals surface area contributed by atoms with Crippen LogP contribution in [0.3, 0.4) is 0 Å². The number of amides is 1. The molecule has 3 heterocycles. The third-order valence-electron chi connectivity index (χ3n) is 7.14. The van der Waals surface area contributed by atoms with E-state index in [-0.39, 0.29) is 5.92 Å². The number of hydrogen-bond acceptors (Lipinski definition) is 3. The van der Waals surface area contributed by atoms with E-state index in [9.17, 15) is 4.79 Å². The Kier molecular flexibility index (Phi) is 5.09. The zero-order chi connectivity index (χ0) is 18.3. The molecule has 2 aliphatic heterocycles. The van der Waals surface area contributed by atoms with Crippen LogP contribution in [0.15, 0.2) is 0 Å². The Hall–Kier alpha value is -1.36. The van der Waals surface area contributed by atoms with Crippen molar-refractivity contribution < 1.29 is 4.79 Å². The van der Waals surface area contributed by atoms with Gasteiger partial charge in [-0.15, -0.1) is 0 Å². The fourth-order valence-corrected chi connectivity index (χ4v) is 5.32. The molecule has 0 radical (unpaired) electrons. The van der Waals surface area contributed by atoms with Crippen LogP contribution in [0.25, 0.3) is 0 Å². The molecule has 2 fully saturated rings. The average Bonchev–Trinajstić information content (AvgIpc) is 3.30. The maximum Gasteiger partial charge on any atom is 0.226 e. The number of hydrogen-bond donors (Lipinski definition) is 0. The molecule has 3 aliphatic rings. The smallest absolute Gasteiger partial charge is 0.226 e. The van der Waals surface area contributed by atoms with Gasteiger partial charge in [-0.2, -0.15) is 0 Å². The number of aromatic nitrogens is 2. The highest BCUT2D eigenvalue weighted by Gasteiger charge is 2.34. The van der Waals surface area contributed by atoms with Crippen LogP contribution >= 0.6 is 0 Å². The predicted molar refractivity (Wildman–Crippen MR) is 103 cm³/mol. The Labute approximate surface area is 157 Å². The summed E-state index contributed by atoms with van der Waals surface area (Å²) in [5.41, 5.74) is 2.59. The SMILES string of the molecule is Cc1nc(C2CCN(C)CC2)c2n1CCN(C(=O)C(C)C1CCCC1)C2. The van der Waals surface area contributed by atoms with Crippen molar-refractivity contribution in [3.8, 4) is 0 Å². The molecule has 0 bridgehead atoms. The Balaban J connectivity index is 1.51. The molecular weight excluding hydrogens is 324 g/mol. The van der Waals surface area contributed by atoms with E-state index in [0.29, 0.717) is 17.7 Å². The summed E-state index contributed by atoms with van der Waals surface area (Å²) in [6.07, 6.45) is 7.44. The summed E-state index contributed by atoms with van der Waals surface area (Å²) in [7, 11) is 2.20. The van der Waals surface area contributed by atoms with Gasteiger partial charge < -0.3 is 14.4 Å². The van der Waals surface area contributed by atoms with Gasteiger partial charge in [0.25, 0.3) is 0 Å². The maximum atomic E-state index is 13.1. The summed E-state index contributed by atoms with van der Waals surface area (Å²) < 4.78 is 2.37. The van der Waals surface area contributed by atoms with E-state index in [1.807, 2.05) is 0 Å². The van der Waals surface area contributed by atoms with Crippen LogP contribution in [0.2, 0.25) is 0 Å². The largest absolute Gasteiger partial charge is 0.335 e. The fourth-order valence-electron chi connectivity index (χ4n) is 5.32. The van der Waals surface area contributed by atoms with Crippen molar-refractivity contribution in [2.24, 2.45) is 11.8 Å². The molecule has 1 unspecified atom stereocenters. The van der Waals surface area contributed by atoms with Gasteiger partial charge in [-0.05, 0) is 58.7 Å². The van der Waals surface area contributed by atoms with Gasteiger partial charge >= 0.3 is 0 Å². The summed E-state index contributed by atoms with van der Waals surface area (Å²) >= 11 is 0. The second-order valence-corrected chi connectivity index (χ2v) is 8.81. The number of fused-ring (bicyclic) bond motifs is 1. The average molecular weight is 359 g/mol. The number of carbonyl (C=O) groups excluding carboxylic acids is 1. The first-order valence-corrected chi connectivity index (χ1v) is 10.6. The summed E-state index contributed by atoms with van der Waals surface area (Å²) in [5.74, 6) is 2.84. The lowest BCUT2D eigenvalue weighted by atomic mass is 9.90. The molecule has 1 aliphatic carbocycles. The zero-order valence-corrected chi connectivity index (χ0v) is 16.7. The van der Waals surface area contributed by atoms with E-state index in [2.05, 4.69) is 35.3 Å². The number of imidazole rings is 1. The third-order valence-corrected chi connectivity index (χ3v) is 7.14. The van der Waals surface area contributed by atoms with Crippen molar-refractivity contribution in [2.45, 2.75) is 71.4 Å². The molecule has 0 spiro atoms. The summed E-state index contributed by atoms with van der Waals surface area (Å²) in [6, 6.07) is 0. The van der Waals surface area contributed by atoms with E-state index < -0.39 is 0 Å². The molecular formula is C21H34N4O. The topological polar surface area (TPSA) is 41.4 Å². The second-order valence-electron chi connectivity index (χ2n) is 8.81. The molecule has 4 rings (SSSR count). The molecule has 1 aromatic heterocycles. The van der Waals surface area contributed by atoms with Crippen LogP contribution < -0.4 is 0 Å². The molecule has 26 heavy (non-hydrogen) atoms. The van der Waals surface area contributed by atoms with Crippen LogP contribution in [0.4, 0.5) is 0 Å². The second kappa shape index (κ2) is 7.34. The summed E-state index contributed by atoms with van der Waals surface area (Å²) in [4.78, 5) is 22.6. The third kappa shape index (κ3) is 3.30. The number of piperidine rings is 1. The lowest BCUT2D eigenvalue weighted by molar-refractivity contribution is -0.138. The van der Waals surface area contributed by atoms with Crippen molar-refractivity contribution in [3.05, 3.63) is 17.2 Å². The minimum atomic E-state index is 0.180. The molecule has 5 heteroatoms. The number of carbonyl (C=O) groups is 1. The first-order chi connectivity index (χ1) is 12.5. The van der Waals surface area contributed by atoms with Crippen LogP contribution in [0.5, 0.6) is 0 Å². The Bertz CT molecular complexity index is 653. The summed E-state index contributed by atoms with van der Waals surface area (Å²) in [5, 5.41) is 0. The highest BCUT2D eigenvalue weighted by Crippen LogP contribution is 2.35. The molecule has 1 amide bonds. The number of rotatable bonds is 3. The molecule has 0 aromatic carbocycles. The van der Waals surface area contributed by atoms with Crippen molar-refractivity contribution in [2.75, 3.05) is 26.7 Å². The number of aryl methyl sites for hydroxylation is 1. The van der Waals surface area contributed by atoms with E-state index in [1.54, 1.807) is 0 Å². The van der Waals surface area contributed by atoms with Crippen molar-refractivity contribution in [3.63, 3.8) is 0 Å². The van der Waals surface area contributed by atoms with Gasteiger partial charge in [0.1, 0.15) is 5.82 Å². The zero-order valence-electron chi connectivity index (χ0n) is 16.7. The van der Waals surface area contributed by atoms with Gasteiger partial charge in [0.05, 0.1) is 17.9 Å². The van der Waals surface area contributed by atoms with Gasteiger partial charge in [-0.1, -0.05) is 19.8 Å². The minimum absolute atomic E-state index is 0.180. The lowest BCUT2D eigenvalue weighted by Gasteiger charge is -2.34. The maximum absolute atomic E-state index is 13.1.